The minimum absolute atomic E-state index is 0.0156. The summed E-state index contributed by atoms with van der Waals surface area (Å²) >= 11 is 0.837. The van der Waals surface area contributed by atoms with Crippen LogP contribution in [0.3, 0.4) is 0 Å². The summed E-state index contributed by atoms with van der Waals surface area (Å²) in [5.74, 6) is -2.09. The van der Waals surface area contributed by atoms with E-state index in [0.29, 0.717) is 5.56 Å². The zero-order chi connectivity index (χ0) is 21.8. The fraction of sp³-hybridized carbons (Fsp3) is 0.150. The molecule has 0 aliphatic rings. The number of benzene rings is 1. The molecule has 0 radical (unpaired) electrons. The third-order valence-electron chi connectivity index (χ3n) is 4.10. The van der Waals surface area contributed by atoms with E-state index < -0.39 is 17.7 Å². The number of rotatable bonds is 6. The minimum atomic E-state index is -0.733. The van der Waals surface area contributed by atoms with E-state index in [-0.39, 0.29) is 39.2 Å². The number of nitrogens with zero attached hydrogens (tertiary/aromatic N) is 2. The van der Waals surface area contributed by atoms with Gasteiger partial charge in [0.15, 0.2) is 5.69 Å². The van der Waals surface area contributed by atoms with Crippen molar-refractivity contribution in [3.8, 4) is 6.07 Å². The fourth-order valence-electron chi connectivity index (χ4n) is 2.61. The number of hydrogen-bond acceptors (Lipinski definition) is 9. The van der Waals surface area contributed by atoms with Crippen molar-refractivity contribution in [2.75, 3.05) is 17.7 Å². The minimum Gasteiger partial charge on any atom is -0.461 e. The number of ether oxygens (including phenoxy) is 1. The lowest BCUT2D eigenvalue weighted by atomic mass is 10.1. The lowest BCUT2D eigenvalue weighted by Crippen LogP contribution is -2.13. The zero-order valence-electron chi connectivity index (χ0n) is 16.0. The van der Waals surface area contributed by atoms with Gasteiger partial charge in [0.2, 0.25) is 11.5 Å². The Bertz CT molecular complexity index is 1190. The van der Waals surface area contributed by atoms with Gasteiger partial charge in [-0.2, -0.15) is 5.26 Å². The highest BCUT2D eigenvalue weighted by Crippen LogP contribution is 2.37. The highest BCUT2D eigenvalue weighted by molar-refractivity contribution is 7.19. The largest absolute Gasteiger partial charge is 0.461 e. The van der Waals surface area contributed by atoms with Crippen molar-refractivity contribution < 1.29 is 23.6 Å². The molecule has 3 rings (SSSR count). The van der Waals surface area contributed by atoms with Crippen LogP contribution in [0.2, 0.25) is 0 Å². The Hall–Kier alpha value is -3.97. The number of nitrogens with two attached hydrogens (primary N) is 1. The van der Waals surface area contributed by atoms with Crippen molar-refractivity contribution in [1.82, 2.24) is 5.16 Å². The third-order valence-corrected chi connectivity index (χ3v) is 5.22. The maximum Gasteiger partial charge on any atom is 0.360 e. The molecule has 2 heterocycles. The van der Waals surface area contributed by atoms with E-state index in [0.717, 1.165) is 23.0 Å². The summed E-state index contributed by atoms with van der Waals surface area (Å²) in [4.78, 5) is 37.0. The van der Waals surface area contributed by atoms with Crippen LogP contribution in [-0.4, -0.2) is 29.4 Å². The third kappa shape index (κ3) is 3.92. The van der Waals surface area contributed by atoms with Crippen molar-refractivity contribution in [2.24, 2.45) is 0 Å². The topological polar surface area (TPSA) is 148 Å². The van der Waals surface area contributed by atoms with Crippen molar-refractivity contribution in [2.45, 2.75) is 13.8 Å². The van der Waals surface area contributed by atoms with Crippen LogP contribution >= 0.6 is 11.3 Å². The Kier molecular flexibility index (Phi) is 5.94. The number of ketones is 1. The second-order valence-electron chi connectivity index (χ2n) is 6.06. The molecular weight excluding hydrogens is 408 g/mol. The number of amides is 1. The standard InChI is InChI=1S/C20H16N4O5S/c1-3-28-20(27)13-8-14(29-24-13)16(25)17-15(22)12(9-21)19(30-17)23-18(26)11-7-5-4-6-10(11)2/h4-8H,3,22H2,1-2H3,(H,23,26). The van der Waals surface area contributed by atoms with Gasteiger partial charge < -0.3 is 20.3 Å². The lowest BCUT2D eigenvalue weighted by molar-refractivity contribution is 0.0514. The molecule has 1 aromatic carbocycles. The summed E-state index contributed by atoms with van der Waals surface area (Å²) in [6.45, 7) is 3.55. The summed E-state index contributed by atoms with van der Waals surface area (Å²) in [6.07, 6.45) is 0. The van der Waals surface area contributed by atoms with Crippen LogP contribution in [0.15, 0.2) is 34.9 Å². The summed E-state index contributed by atoms with van der Waals surface area (Å²) in [5.41, 5.74) is 6.86. The molecule has 10 heteroatoms. The zero-order valence-corrected chi connectivity index (χ0v) is 16.8. The van der Waals surface area contributed by atoms with Crippen molar-refractivity contribution >= 4 is 39.7 Å². The lowest BCUT2D eigenvalue weighted by Gasteiger charge is -2.05. The first-order valence-corrected chi connectivity index (χ1v) is 9.56. The molecule has 0 spiro atoms. The fourth-order valence-corrected chi connectivity index (χ4v) is 3.62. The monoisotopic (exact) mass is 424 g/mol. The number of esters is 1. The number of hydrogen-bond donors (Lipinski definition) is 2. The van der Waals surface area contributed by atoms with E-state index in [1.807, 2.05) is 6.07 Å². The first-order chi connectivity index (χ1) is 14.4. The van der Waals surface area contributed by atoms with E-state index in [4.69, 9.17) is 15.0 Å². The molecule has 0 aliphatic heterocycles. The van der Waals surface area contributed by atoms with Crippen molar-refractivity contribution in [3.05, 3.63) is 63.4 Å². The van der Waals surface area contributed by atoms with Crippen LogP contribution in [0.5, 0.6) is 0 Å². The Morgan fingerprint density at radius 2 is 2.07 bits per heavy atom. The Morgan fingerprint density at radius 1 is 1.33 bits per heavy atom. The number of nitriles is 1. The van der Waals surface area contributed by atoms with Gasteiger partial charge >= 0.3 is 5.97 Å². The molecule has 2 aromatic heterocycles. The Labute approximate surface area is 175 Å². The molecule has 0 saturated heterocycles. The normalized spacial score (nSPS) is 10.3. The average Bonchev–Trinajstić information content (AvgIpc) is 3.33. The van der Waals surface area contributed by atoms with Crippen LogP contribution in [0, 0.1) is 18.3 Å². The van der Waals surface area contributed by atoms with Gasteiger partial charge in [-0.3, -0.25) is 9.59 Å². The van der Waals surface area contributed by atoms with Gasteiger partial charge in [0, 0.05) is 11.6 Å². The van der Waals surface area contributed by atoms with Gasteiger partial charge in [0.25, 0.3) is 5.91 Å². The molecule has 0 unspecified atom stereocenters. The molecule has 0 saturated carbocycles. The van der Waals surface area contributed by atoms with Gasteiger partial charge in [0.1, 0.15) is 21.5 Å². The van der Waals surface area contributed by atoms with Crippen LogP contribution < -0.4 is 11.1 Å². The predicted octanol–water partition coefficient (Wildman–Crippen LogP) is 3.16. The number of aryl methyl sites for hydroxylation is 1. The average molecular weight is 424 g/mol. The number of carbonyl (C=O) groups is 3. The maximum absolute atomic E-state index is 12.8. The number of nitrogens with one attached hydrogen (secondary N) is 1. The maximum atomic E-state index is 12.8. The van der Waals surface area contributed by atoms with Gasteiger partial charge in [-0.25, -0.2) is 4.79 Å². The smallest absolute Gasteiger partial charge is 0.360 e. The highest BCUT2D eigenvalue weighted by Gasteiger charge is 2.27. The molecule has 3 aromatic rings. The second-order valence-corrected chi connectivity index (χ2v) is 7.08. The predicted molar refractivity (Wildman–Crippen MR) is 108 cm³/mol. The number of nitrogen functional groups attached to an aromatic ring is 1. The molecule has 30 heavy (non-hydrogen) atoms. The van der Waals surface area contributed by atoms with E-state index >= 15 is 0 Å². The van der Waals surface area contributed by atoms with Gasteiger partial charge in [-0.15, -0.1) is 11.3 Å². The summed E-state index contributed by atoms with van der Waals surface area (Å²) in [5, 5.41) is 15.7. The van der Waals surface area contributed by atoms with Crippen molar-refractivity contribution in [1.29, 1.82) is 5.26 Å². The van der Waals surface area contributed by atoms with Crippen LogP contribution in [-0.2, 0) is 4.74 Å². The van der Waals surface area contributed by atoms with Crippen molar-refractivity contribution in [3.63, 3.8) is 0 Å². The number of carbonyl (C=O) groups excluding carboxylic acids is 3. The number of aromatic nitrogens is 1. The Balaban J connectivity index is 1.91. The SMILES string of the molecule is CCOC(=O)c1cc(C(=O)c2sc(NC(=O)c3ccccc3C)c(C#N)c2N)on1. The Morgan fingerprint density at radius 3 is 2.73 bits per heavy atom. The molecule has 152 valence electrons. The molecule has 9 nitrogen and oxygen atoms in total. The molecule has 1 amide bonds. The molecule has 0 fully saturated rings. The summed E-state index contributed by atoms with van der Waals surface area (Å²) in [6, 6.07) is 9.98. The van der Waals surface area contributed by atoms with E-state index in [1.54, 1.807) is 38.1 Å². The van der Waals surface area contributed by atoms with E-state index in [2.05, 4.69) is 10.5 Å². The van der Waals surface area contributed by atoms with Gasteiger partial charge in [-0.1, -0.05) is 23.4 Å². The van der Waals surface area contributed by atoms with Crippen LogP contribution in [0.4, 0.5) is 10.7 Å². The summed E-state index contributed by atoms with van der Waals surface area (Å²) in [7, 11) is 0. The van der Waals surface area contributed by atoms with E-state index in [9.17, 15) is 19.6 Å². The molecular formula is C20H16N4O5S. The number of thiophene rings is 1. The quantitative estimate of drug-likeness (QED) is 0.453. The molecule has 0 atom stereocenters. The summed E-state index contributed by atoms with van der Waals surface area (Å²) < 4.78 is 9.73. The van der Waals surface area contributed by atoms with Gasteiger partial charge in [0.05, 0.1) is 12.3 Å². The van der Waals surface area contributed by atoms with Crippen LogP contribution in [0.1, 0.15) is 54.3 Å². The van der Waals surface area contributed by atoms with E-state index in [1.165, 1.54) is 0 Å². The molecule has 3 N–H and O–H groups in total. The number of anilines is 2. The second kappa shape index (κ2) is 8.59. The first kappa shape index (κ1) is 20.8. The highest BCUT2D eigenvalue weighted by atomic mass is 32.1. The molecule has 0 bridgehead atoms. The van der Waals surface area contributed by atoms with Crippen LogP contribution in [0.25, 0.3) is 0 Å². The first-order valence-electron chi connectivity index (χ1n) is 8.75. The van der Waals surface area contributed by atoms with Gasteiger partial charge in [-0.05, 0) is 25.5 Å². The molecule has 0 aliphatic carbocycles.